The zero-order valence-corrected chi connectivity index (χ0v) is 17.7. The summed E-state index contributed by atoms with van der Waals surface area (Å²) in [5.41, 5.74) is 1.43. The van der Waals surface area contributed by atoms with Crippen LogP contribution in [0.3, 0.4) is 0 Å². The number of carbonyl (C=O) groups is 1. The number of piperazine rings is 1. The van der Waals surface area contributed by atoms with Crippen molar-refractivity contribution in [2.45, 2.75) is 0 Å². The van der Waals surface area contributed by atoms with E-state index in [4.69, 9.17) is 21.1 Å². The summed E-state index contributed by atoms with van der Waals surface area (Å²) in [6.45, 7) is 5.56. The zero-order valence-electron chi connectivity index (χ0n) is 16.9. The summed E-state index contributed by atoms with van der Waals surface area (Å²) in [6, 6.07) is 12.6. The van der Waals surface area contributed by atoms with E-state index in [0.717, 1.165) is 38.3 Å². The number of ketones is 1. The minimum absolute atomic E-state index is 0.114. The van der Waals surface area contributed by atoms with Crippen LogP contribution in [0.1, 0.15) is 15.9 Å². The summed E-state index contributed by atoms with van der Waals surface area (Å²) < 4.78 is 11.3. The van der Waals surface area contributed by atoms with Gasteiger partial charge in [0.1, 0.15) is 18.1 Å². The second-order valence-electron chi connectivity index (χ2n) is 7.10. The second-order valence-corrected chi connectivity index (χ2v) is 7.54. The van der Waals surface area contributed by atoms with E-state index in [2.05, 4.69) is 16.8 Å². The Balaban J connectivity index is 1.66. The van der Waals surface area contributed by atoms with Gasteiger partial charge in [0, 0.05) is 43.8 Å². The number of carbonyl (C=O) groups excluding carboxylic acids is 1. The summed E-state index contributed by atoms with van der Waals surface area (Å²) >= 11 is 5.91. The molecule has 1 aliphatic rings. The van der Waals surface area contributed by atoms with Gasteiger partial charge in [-0.15, -0.1) is 0 Å². The van der Waals surface area contributed by atoms with Gasteiger partial charge in [-0.25, -0.2) is 0 Å². The van der Waals surface area contributed by atoms with E-state index < -0.39 is 0 Å². The van der Waals surface area contributed by atoms with Crippen LogP contribution in [-0.2, 0) is 0 Å². The highest BCUT2D eigenvalue weighted by Gasteiger charge is 2.15. The van der Waals surface area contributed by atoms with Crippen LogP contribution in [0, 0.1) is 0 Å². The Morgan fingerprint density at radius 2 is 1.83 bits per heavy atom. The standard InChI is InChI=1S/C23H27ClN2O3/c1-25-11-13-26(14-12-25)15-16-29-23-17-20(28-2)8-9-21(23)22(27)10-5-18-3-6-19(24)7-4-18/h3-10,17H,11-16H2,1-2H3. The van der Waals surface area contributed by atoms with Gasteiger partial charge in [0.25, 0.3) is 0 Å². The number of methoxy groups -OCH3 is 1. The van der Waals surface area contributed by atoms with Gasteiger partial charge in [-0.3, -0.25) is 9.69 Å². The molecule has 0 aromatic heterocycles. The first-order chi connectivity index (χ1) is 14.0. The molecule has 6 heteroatoms. The van der Waals surface area contributed by atoms with Crippen LogP contribution in [0.15, 0.2) is 48.5 Å². The molecule has 1 heterocycles. The number of hydrogen-bond donors (Lipinski definition) is 0. The summed E-state index contributed by atoms with van der Waals surface area (Å²) in [5.74, 6) is 1.10. The van der Waals surface area contributed by atoms with Gasteiger partial charge in [-0.2, -0.15) is 0 Å². The molecule has 2 aromatic carbocycles. The largest absolute Gasteiger partial charge is 0.497 e. The lowest BCUT2D eigenvalue weighted by atomic mass is 10.1. The number of halogens is 1. The average molecular weight is 415 g/mol. The van der Waals surface area contributed by atoms with E-state index in [1.807, 2.05) is 12.1 Å². The minimum atomic E-state index is -0.114. The molecule has 29 heavy (non-hydrogen) atoms. The van der Waals surface area contributed by atoms with Crippen molar-refractivity contribution in [2.75, 3.05) is 53.5 Å². The Morgan fingerprint density at radius 3 is 2.52 bits per heavy atom. The molecule has 5 nitrogen and oxygen atoms in total. The van der Waals surface area contributed by atoms with Crippen LogP contribution < -0.4 is 9.47 Å². The molecule has 0 spiro atoms. The van der Waals surface area contributed by atoms with E-state index in [1.54, 1.807) is 49.6 Å². The van der Waals surface area contributed by atoms with Crippen LogP contribution >= 0.6 is 11.6 Å². The van der Waals surface area contributed by atoms with E-state index in [0.29, 0.717) is 28.7 Å². The van der Waals surface area contributed by atoms with Gasteiger partial charge in [-0.1, -0.05) is 29.8 Å². The fourth-order valence-corrected chi connectivity index (χ4v) is 3.27. The topological polar surface area (TPSA) is 42.0 Å². The highest BCUT2D eigenvalue weighted by molar-refractivity contribution is 6.30. The van der Waals surface area contributed by atoms with Gasteiger partial charge < -0.3 is 14.4 Å². The lowest BCUT2D eigenvalue weighted by Gasteiger charge is -2.32. The molecule has 1 aliphatic heterocycles. The minimum Gasteiger partial charge on any atom is -0.497 e. The third-order valence-corrected chi connectivity index (χ3v) is 5.26. The lowest BCUT2D eigenvalue weighted by Crippen LogP contribution is -2.45. The van der Waals surface area contributed by atoms with Gasteiger partial charge in [0.15, 0.2) is 5.78 Å². The first-order valence-electron chi connectivity index (χ1n) is 9.75. The molecule has 154 valence electrons. The molecule has 2 aromatic rings. The average Bonchev–Trinajstić information content (AvgIpc) is 2.74. The second kappa shape index (κ2) is 10.4. The van der Waals surface area contributed by atoms with Crippen LogP contribution in [0.25, 0.3) is 6.08 Å². The number of allylic oxidation sites excluding steroid dienone is 1. The maximum absolute atomic E-state index is 12.8. The Kier molecular flexibility index (Phi) is 7.69. The van der Waals surface area contributed by atoms with Crippen molar-refractivity contribution >= 4 is 23.5 Å². The van der Waals surface area contributed by atoms with E-state index in [9.17, 15) is 4.79 Å². The van der Waals surface area contributed by atoms with Crippen molar-refractivity contribution in [1.82, 2.24) is 9.80 Å². The quantitative estimate of drug-likeness (QED) is 0.484. The van der Waals surface area contributed by atoms with Crippen molar-refractivity contribution in [3.8, 4) is 11.5 Å². The van der Waals surface area contributed by atoms with Crippen molar-refractivity contribution in [3.05, 3.63) is 64.7 Å². The molecule has 3 rings (SSSR count). The fraction of sp³-hybridized carbons (Fsp3) is 0.348. The van der Waals surface area contributed by atoms with E-state index in [1.165, 1.54) is 0 Å². The number of nitrogens with zero attached hydrogens (tertiary/aromatic N) is 2. The summed E-state index contributed by atoms with van der Waals surface area (Å²) in [4.78, 5) is 17.5. The van der Waals surface area contributed by atoms with Crippen molar-refractivity contribution < 1.29 is 14.3 Å². The first-order valence-corrected chi connectivity index (χ1v) is 10.1. The summed E-state index contributed by atoms with van der Waals surface area (Å²) in [5, 5.41) is 0.666. The lowest BCUT2D eigenvalue weighted by molar-refractivity contribution is 0.104. The number of benzene rings is 2. The van der Waals surface area contributed by atoms with Crippen molar-refractivity contribution in [1.29, 1.82) is 0 Å². The molecular weight excluding hydrogens is 388 g/mol. The predicted molar refractivity (Wildman–Crippen MR) is 117 cm³/mol. The van der Waals surface area contributed by atoms with Crippen LogP contribution in [-0.4, -0.2) is 69.1 Å². The summed E-state index contributed by atoms with van der Waals surface area (Å²) in [7, 11) is 3.74. The van der Waals surface area contributed by atoms with Gasteiger partial charge >= 0.3 is 0 Å². The van der Waals surface area contributed by atoms with Crippen molar-refractivity contribution in [2.24, 2.45) is 0 Å². The van der Waals surface area contributed by atoms with Crippen molar-refractivity contribution in [3.63, 3.8) is 0 Å². The summed E-state index contributed by atoms with van der Waals surface area (Å²) in [6.07, 6.45) is 3.33. The molecular formula is C23H27ClN2O3. The van der Waals surface area contributed by atoms with Gasteiger partial charge in [0.2, 0.25) is 0 Å². The Morgan fingerprint density at radius 1 is 1.10 bits per heavy atom. The molecule has 0 amide bonds. The highest BCUT2D eigenvalue weighted by Crippen LogP contribution is 2.26. The zero-order chi connectivity index (χ0) is 20.6. The molecule has 0 bridgehead atoms. The Bertz CT molecular complexity index is 844. The number of rotatable bonds is 8. The predicted octanol–water partition coefficient (Wildman–Crippen LogP) is 3.87. The smallest absolute Gasteiger partial charge is 0.189 e. The molecule has 1 saturated heterocycles. The maximum atomic E-state index is 12.8. The number of likely N-dealkylation sites (N-methyl/N-ethyl adjacent to an activating group) is 1. The molecule has 0 N–H and O–H groups in total. The van der Waals surface area contributed by atoms with Crippen LogP contribution in [0.4, 0.5) is 0 Å². The Labute approximate surface area is 177 Å². The monoisotopic (exact) mass is 414 g/mol. The maximum Gasteiger partial charge on any atom is 0.189 e. The third-order valence-electron chi connectivity index (χ3n) is 5.01. The van der Waals surface area contributed by atoms with Gasteiger partial charge in [0.05, 0.1) is 12.7 Å². The molecule has 0 aliphatic carbocycles. The first kappa shape index (κ1) is 21.4. The molecule has 0 atom stereocenters. The molecule has 0 saturated carbocycles. The number of ether oxygens (including phenoxy) is 2. The molecule has 0 radical (unpaired) electrons. The van der Waals surface area contributed by atoms with Crippen LogP contribution in [0.2, 0.25) is 5.02 Å². The molecule has 0 unspecified atom stereocenters. The van der Waals surface area contributed by atoms with E-state index in [-0.39, 0.29) is 5.78 Å². The SMILES string of the molecule is COc1ccc(C(=O)C=Cc2ccc(Cl)cc2)c(OCCN2CCN(C)CC2)c1. The normalized spacial score (nSPS) is 15.6. The third kappa shape index (κ3) is 6.32. The highest BCUT2D eigenvalue weighted by atomic mass is 35.5. The Hall–Kier alpha value is -2.34. The number of hydrogen-bond acceptors (Lipinski definition) is 5. The molecule has 1 fully saturated rings. The fourth-order valence-electron chi connectivity index (χ4n) is 3.14. The van der Waals surface area contributed by atoms with E-state index >= 15 is 0 Å². The van der Waals surface area contributed by atoms with Crippen LogP contribution in [0.5, 0.6) is 11.5 Å². The van der Waals surface area contributed by atoms with Gasteiger partial charge in [-0.05, 0) is 43.0 Å².